The maximum Gasteiger partial charge on any atom is 0.103 e. The molecule has 2 heterocycles. The van der Waals surface area contributed by atoms with Crippen LogP contribution in [0.5, 0.6) is 0 Å². The highest BCUT2D eigenvalue weighted by atomic mass is 32.1. The summed E-state index contributed by atoms with van der Waals surface area (Å²) in [6.45, 7) is 6.94. The van der Waals surface area contributed by atoms with Crippen molar-refractivity contribution in [1.29, 1.82) is 0 Å². The van der Waals surface area contributed by atoms with Crippen LogP contribution in [0.15, 0.2) is 12.3 Å². The topological polar surface area (TPSA) is 19.0 Å². The van der Waals surface area contributed by atoms with E-state index in [9.17, 15) is 0 Å². The molecule has 1 fully saturated rings. The Kier molecular flexibility index (Phi) is 4.95. The minimum Gasteiger partial charge on any atom is -0.353 e. The molecule has 1 N–H and O–H groups in total. The lowest BCUT2D eigenvalue weighted by Crippen LogP contribution is -2.34. The minimum atomic E-state index is 0.595. The number of nitrogens with zero attached hydrogens (tertiary/aromatic N) is 1. The molecule has 1 aliphatic heterocycles. The third-order valence-electron chi connectivity index (χ3n) is 3.94. The van der Waals surface area contributed by atoms with E-state index in [0.29, 0.717) is 6.04 Å². The van der Waals surface area contributed by atoms with Crippen molar-refractivity contribution in [2.24, 2.45) is 0 Å². The summed E-state index contributed by atoms with van der Waals surface area (Å²) < 4.78 is 0.840. The van der Waals surface area contributed by atoms with Crippen molar-refractivity contribution < 1.29 is 0 Å². The number of pyridine rings is 1. The van der Waals surface area contributed by atoms with Crippen molar-refractivity contribution in [3.05, 3.63) is 28.0 Å². The van der Waals surface area contributed by atoms with Crippen LogP contribution in [0.2, 0.25) is 0 Å². The van der Waals surface area contributed by atoms with Gasteiger partial charge in [-0.05, 0) is 56.5 Å². The van der Waals surface area contributed by atoms with Crippen LogP contribution in [0.25, 0.3) is 0 Å². The fraction of sp³-hybridized carbons (Fsp3) is 0.667. The van der Waals surface area contributed by atoms with Crippen LogP contribution < -0.4 is 0 Å². The Labute approximate surface area is 115 Å². The molecule has 0 bridgehead atoms. The quantitative estimate of drug-likeness (QED) is 0.814. The highest BCUT2D eigenvalue weighted by Gasteiger charge is 2.24. The van der Waals surface area contributed by atoms with Gasteiger partial charge in [0.05, 0.1) is 0 Å². The molecule has 0 aromatic carbocycles. The van der Waals surface area contributed by atoms with Crippen molar-refractivity contribution in [2.45, 2.75) is 52.0 Å². The summed E-state index contributed by atoms with van der Waals surface area (Å²) in [4.78, 5) is 5.86. The van der Waals surface area contributed by atoms with Crippen molar-refractivity contribution in [2.75, 3.05) is 13.1 Å². The molecule has 100 valence electrons. The lowest BCUT2D eigenvalue weighted by Gasteiger charge is -2.36. The van der Waals surface area contributed by atoms with Gasteiger partial charge < -0.3 is 4.98 Å². The summed E-state index contributed by atoms with van der Waals surface area (Å²) in [5.41, 5.74) is 2.78. The molecule has 1 aromatic heterocycles. The van der Waals surface area contributed by atoms with E-state index in [-0.39, 0.29) is 0 Å². The average molecular weight is 264 g/mol. The summed E-state index contributed by atoms with van der Waals surface area (Å²) in [6, 6.07) is 2.69. The number of hydrogen-bond donors (Lipinski definition) is 1. The summed E-state index contributed by atoms with van der Waals surface area (Å²) in [5, 5.41) is 0. The van der Waals surface area contributed by atoms with E-state index in [1.165, 1.54) is 56.3 Å². The highest BCUT2D eigenvalue weighted by molar-refractivity contribution is 7.71. The van der Waals surface area contributed by atoms with Gasteiger partial charge in [0.15, 0.2) is 0 Å². The molecular weight excluding hydrogens is 240 g/mol. The molecule has 1 aromatic rings. The molecule has 1 saturated heterocycles. The number of rotatable bonds is 4. The number of aromatic nitrogens is 1. The monoisotopic (exact) mass is 264 g/mol. The second-order valence-electron chi connectivity index (χ2n) is 5.34. The van der Waals surface area contributed by atoms with Gasteiger partial charge in [0.1, 0.15) is 4.64 Å². The van der Waals surface area contributed by atoms with Crippen LogP contribution in [0.3, 0.4) is 0 Å². The second kappa shape index (κ2) is 6.48. The summed E-state index contributed by atoms with van der Waals surface area (Å²) in [7, 11) is 0. The Morgan fingerprint density at radius 1 is 1.44 bits per heavy atom. The smallest absolute Gasteiger partial charge is 0.103 e. The molecule has 0 unspecified atom stereocenters. The SMILES string of the molecule is CCCCN1CCCC[C@H]1c1c[nH]c(=S)cc1C. The number of piperidine rings is 1. The normalized spacial score (nSPS) is 21.1. The Balaban J connectivity index is 2.19. The molecule has 0 radical (unpaired) electrons. The Bertz CT molecular complexity index is 438. The number of H-pyrrole nitrogens is 1. The van der Waals surface area contributed by atoms with Crippen molar-refractivity contribution in [3.8, 4) is 0 Å². The van der Waals surface area contributed by atoms with Gasteiger partial charge >= 0.3 is 0 Å². The maximum absolute atomic E-state index is 5.19. The number of unbranched alkanes of at least 4 members (excludes halogenated alkanes) is 1. The molecule has 3 heteroatoms. The first kappa shape index (κ1) is 13.8. The van der Waals surface area contributed by atoms with E-state index in [0.717, 1.165) is 4.64 Å². The van der Waals surface area contributed by atoms with E-state index < -0.39 is 0 Å². The van der Waals surface area contributed by atoms with Crippen molar-refractivity contribution in [3.63, 3.8) is 0 Å². The molecular formula is C15H24N2S. The fourth-order valence-electron chi connectivity index (χ4n) is 2.92. The molecule has 2 nitrogen and oxygen atoms in total. The van der Waals surface area contributed by atoms with E-state index in [1.54, 1.807) is 0 Å². The van der Waals surface area contributed by atoms with Gasteiger partial charge in [0.2, 0.25) is 0 Å². The van der Waals surface area contributed by atoms with Crippen LogP contribution in [0.1, 0.15) is 56.2 Å². The summed E-state index contributed by atoms with van der Waals surface area (Å²) in [5.74, 6) is 0. The number of nitrogens with one attached hydrogen (secondary N) is 1. The summed E-state index contributed by atoms with van der Waals surface area (Å²) >= 11 is 5.19. The highest BCUT2D eigenvalue weighted by Crippen LogP contribution is 2.32. The first-order valence-corrected chi connectivity index (χ1v) is 7.56. The van der Waals surface area contributed by atoms with Crippen LogP contribution in [-0.2, 0) is 0 Å². The first-order valence-electron chi connectivity index (χ1n) is 7.15. The van der Waals surface area contributed by atoms with Crippen LogP contribution in [-0.4, -0.2) is 23.0 Å². The van der Waals surface area contributed by atoms with Gasteiger partial charge in [-0.15, -0.1) is 0 Å². The van der Waals surface area contributed by atoms with E-state index in [2.05, 4.69) is 36.0 Å². The zero-order valence-electron chi connectivity index (χ0n) is 11.5. The Morgan fingerprint density at radius 2 is 2.28 bits per heavy atom. The van der Waals surface area contributed by atoms with Gasteiger partial charge in [-0.1, -0.05) is 32.0 Å². The Hall–Kier alpha value is -0.670. The first-order chi connectivity index (χ1) is 8.72. The van der Waals surface area contributed by atoms with E-state index >= 15 is 0 Å². The predicted octanol–water partition coefficient (Wildman–Crippen LogP) is 4.38. The lowest BCUT2D eigenvalue weighted by atomic mass is 9.93. The average Bonchev–Trinajstić information content (AvgIpc) is 2.37. The minimum absolute atomic E-state index is 0.595. The maximum atomic E-state index is 5.19. The van der Waals surface area contributed by atoms with Crippen LogP contribution in [0.4, 0.5) is 0 Å². The van der Waals surface area contributed by atoms with E-state index in [4.69, 9.17) is 12.2 Å². The van der Waals surface area contributed by atoms with Crippen molar-refractivity contribution >= 4 is 12.2 Å². The van der Waals surface area contributed by atoms with Gasteiger partial charge in [-0.25, -0.2) is 0 Å². The second-order valence-corrected chi connectivity index (χ2v) is 5.78. The van der Waals surface area contributed by atoms with Gasteiger partial charge in [0.25, 0.3) is 0 Å². The molecule has 0 aliphatic carbocycles. The zero-order valence-corrected chi connectivity index (χ0v) is 12.4. The standard InChI is InChI=1S/C15H24N2S/c1-3-4-8-17-9-6-5-7-14(17)13-11-16-15(18)10-12(13)2/h10-11,14H,3-9H2,1-2H3,(H,16,18)/t14-/m0/s1. The van der Waals surface area contributed by atoms with Gasteiger partial charge in [0, 0.05) is 12.2 Å². The molecule has 0 saturated carbocycles. The number of hydrogen-bond acceptors (Lipinski definition) is 2. The predicted molar refractivity (Wildman–Crippen MR) is 79.4 cm³/mol. The molecule has 0 spiro atoms. The number of likely N-dealkylation sites (tertiary alicyclic amines) is 1. The molecule has 18 heavy (non-hydrogen) atoms. The van der Waals surface area contributed by atoms with Gasteiger partial charge in [-0.3, -0.25) is 4.90 Å². The van der Waals surface area contributed by atoms with E-state index in [1.807, 2.05) is 0 Å². The third kappa shape index (κ3) is 3.21. The lowest BCUT2D eigenvalue weighted by molar-refractivity contribution is 0.146. The Morgan fingerprint density at radius 3 is 3.00 bits per heavy atom. The fourth-order valence-corrected chi connectivity index (χ4v) is 3.15. The summed E-state index contributed by atoms with van der Waals surface area (Å²) in [6.07, 6.45) is 8.70. The van der Waals surface area contributed by atoms with Crippen LogP contribution in [0, 0.1) is 11.6 Å². The van der Waals surface area contributed by atoms with Gasteiger partial charge in [-0.2, -0.15) is 0 Å². The molecule has 2 rings (SSSR count). The zero-order chi connectivity index (χ0) is 13.0. The number of aromatic amines is 1. The van der Waals surface area contributed by atoms with Crippen molar-refractivity contribution in [1.82, 2.24) is 9.88 Å². The molecule has 0 amide bonds. The molecule has 1 aliphatic rings. The third-order valence-corrected chi connectivity index (χ3v) is 4.18. The van der Waals surface area contributed by atoms with Crippen LogP contribution >= 0.6 is 12.2 Å². The largest absolute Gasteiger partial charge is 0.353 e. The number of aryl methyl sites for hydroxylation is 1. The molecule has 1 atom stereocenters.